The van der Waals surface area contributed by atoms with Crippen LogP contribution >= 0.6 is 11.6 Å². The predicted octanol–water partition coefficient (Wildman–Crippen LogP) is 5.41. The molecule has 0 amide bonds. The van der Waals surface area contributed by atoms with Gasteiger partial charge < -0.3 is 10.6 Å². The van der Waals surface area contributed by atoms with Crippen molar-refractivity contribution in [1.82, 2.24) is 29.8 Å². The summed E-state index contributed by atoms with van der Waals surface area (Å²) in [6, 6.07) is 12.0. The SMILES string of the molecule is [2H][C@@](Nc1cc(Cl)c2ncc(C#N)c(NCCc3ccn(C)n3)c2c1)(c1ccc(F)cc1)c1cn(C2CC2)nn1. The summed E-state index contributed by atoms with van der Waals surface area (Å²) >= 11 is 6.69. The number of anilines is 2. The van der Waals surface area contributed by atoms with E-state index in [9.17, 15) is 11.0 Å². The fraction of sp³-hybridized carbons (Fsp3) is 0.250. The molecule has 11 heteroatoms. The number of nitrogens with one attached hydrogen (secondary N) is 2. The van der Waals surface area contributed by atoms with E-state index < -0.39 is 11.8 Å². The van der Waals surface area contributed by atoms with Crippen molar-refractivity contribution in [3.63, 3.8) is 0 Å². The van der Waals surface area contributed by atoms with E-state index in [1.54, 1.807) is 39.8 Å². The molecule has 1 atom stereocenters. The third kappa shape index (κ3) is 5.26. The van der Waals surface area contributed by atoms with Crippen molar-refractivity contribution in [3.8, 4) is 6.07 Å². The highest BCUT2D eigenvalue weighted by molar-refractivity contribution is 6.35. The van der Waals surface area contributed by atoms with Crippen LogP contribution in [0.5, 0.6) is 0 Å². The first kappa shape index (κ1) is 23.6. The number of benzene rings is 2. The molecule has 2 N–H and O–H groups in total. The van der Waals surface area contributed by atoms with E-state index in [2.05, 4.69) is 37.1 Å². The highest BCUT2D eigenvalue weighted by atomic mass is 35.5. The van der Waals surface area contributed by atoms with Gasteiger partial charge in [-0.1, -0.05) is 28.9 Å². The van der Waals surface area contributed by atoms with Crippen LogP contribution in [-0.4, -0.2) is 36.3 Å². The molecule has 3 aromatic heterocycles. The first-order valence-corrected chi connectivity index (χ1v) is 12.9. The average molecular weight is 543 g/mol. The van der Waals surface area contributed by atoms with E-state index in [1.165, 1.54) is 18.3 Å². The Bertz CT molecular complexity index is 1740. The van der Waals surface area contributed by atoms with Gasteiger partial charge in [0.1, 0.15) is 17.6 Å². The number of aromatic nitrogens is 6. The number of rotatable bonds is 9. The van der Waals surface area contributed by atoms with Crippen LogP contribution in [-0.2, 0) is 13.5 Å². The van der Waals surface area contributed by atoms with E-state index in [0.717, 1.165) is 18.5 Å². The van der Waals surface area contributed by atoms with Crippen molar-refractivity contribution < 1.29 is 5.76 Å². The van der Waals surface area contributed by atoms with Gasteiger partial charge in [-0.05, 0) is 48.7 Å². The number of halogens is 2. The molecule has 0 bridgehead atoms. The molecule has 2 aromatic carbocycles. The molecule has 9 nitrogen and oxygen atoms in total. The van der Waals surface area contributed by atoms with Crippen molar-refractivity contribution in [2.45, 2.75) is 31.3 Å². The second-order valence-electron chi connectivity index (χ2n) is 9.49. The maximum Gasteiger partial charge on any atom is 0.123 e. The Labute approximate surface area is 230 Å². The Morgan fingerprint density at radius 1 is 1.26 bits per heavy atom. The van der Waals surface area contributed by atoms with Gasteiger partial charge in [-0.2, -0.15) is 10.4 Å². The number of pyridine rings is 1. The summed E-state index contributed by atoms with van der Waals surface area (Å²) in [6.07, 6.45) is 7.81. The molecule has 39 heavy (non-hydrogen) atoms. The normalized spacial score (nSPS) is 15.0. The summed E-state index contributed by atoms with van der Waals surface area (Å²) < 4.78 is 26.8. The molecule has 1 saturated carbocycles. The first-order chi connectivity index (χ1) is 19.3. The van der Waals surface area contributed by atoms with Crippen molar-refractivity contribution >= 4 is 33.9 Å². The van der Waals surface area contributed by atoms with Gasteiger partial charge in [0.15, 0.2) is 0 Å². The van der Waals surface area contributed by atoms with E-state index >= 15 is 0 Å². The molecular formula is C28H25ClFN9. The van der Waals surface area contributed by atoms with Crippen LogP contribution in [0.15, 0.2) is 61.1 Å². The van der Waals surface area contributed by atoms with Crippen molar-refractivity contribution in [2.75, 3.05) is 17.2 Å². The fourth-order valence-electron chi connectivity index (χ4n) is 4.47. The second kappa shape index (κ2) is 10.3. The number of hydrogen-bond acceptors (Lipinski definition) is 7. The molecule has 0 spiro atoms. The number of hydrogen-bond donors (Lipinski definition) is 2. The molecule has 1 fully saturated rings. The maximum absolute atomic E-state index is 13.8. The summed E-state index contributed by atoms with van der Waals surface area (Å²) in [6.45, 7) is 0.530. The maximum atomic E-state index is 13.8. The Morgan fingerprint density at radius 3 is 2.79 bits per heavy atom. The van der Waals surface area contributed by atoms with Crippen LogP contribution < -0.4 is 10.6 Å². The molecule has 0 radical (unpaired) electrons. The van der Waals surface area contributed by atoms with Gasteiger partial charge in [0.05, 0.1) is 47.1 Å². The largest absolute Gasteiger partial charge is 0.383 e. The van der Waals surface area contributed by atoms with Crippen LogP contribution in [0.25, 0.3) is 10.9 Å². The van der Waals surface area contributed by atoms with E-state index in [0.29, 0.717) is 57.1 Å². The Hall–Kier alpha value is -4.49. The summed E-state index contributed by atoms with van der Waals surface area (Å²) in [5.41, 5.74) is 3.73. The second-order valence-corrected chi connectivity index (χ2v) is 9.90. The van der Waals surface area contributed by atoms with Crippen LogP contribution in [0.1, 0.15) is 48.8 Å². The third-order valence-electron chi connectivity index (χ3n) is 6.59. The molecular weight excluding hydrogens is 517 g/mol. The summed E-state index contributed by atoms with van der Waals surface area (Å²) in [5, 5.41) is 30.4. The van der Waals surface area contributed by atoms with Crippen LogP contribution in [0.2, 0.25) is 5.02 Å². The van der Waals surface area contributed by atoms with Gasteiger partial charge in [0.2, 0.25) is 0 Å². The Kier molecular flexibility index (Phi) is 6.26. The Balaban J connectivity index is 1.39. The predicted molar refractivity (Wildman–Crippen MR) is 147 cm³/mol. The number of nitrogens with zero attached hydrogens (tertiary/aromatic N) is 7. The molecule has 5 aromatic rings. The number of nitriles is 1. The van der Waals surface area contributed by atoms with Gasteiger partial charge in [-0.25, -0.2) is 9.07 Å². The minimum Gasteiger partial charge on any atom is -0.383 e. The van der Waals surface area contributed by atoms with E-state index in [-0.39, 0.29) is 6.04 Å². The molecule has 1 aliphatic rings. The quantitative estimate of drug-likeness (QED) is 0.256. The van der Waals surface area contributed by atoms with Crippen LogP contribution in [0.4, 0.5) is 15.8 Å². The molecule has 6 rings (SSSR count). The standard InChI is InChI=1S/C28H25ClFN9/c1-38-11-9-20(36-38)8-10-32-26-18(14-31)15-33-28-23(26)12-21(13-24(28)29)34-27(17-2-4-19(30)5-3-17)25-16-39(37-35-25)22-6-7-22/h2-5,9,11-13,15-16,22,27,34H,6-8,10H2,1H3,(H,32,33)/t27-/m1/s1/i27D. The lowest BCUT2D eigenvalue weighted by molar-refractivity contribution is 0.610. The van der Waals surface area contributed by atoms with Gasteiger partial charge in [0.25, 0.3) is 0 Å². The first-order valence-electron chi connectivity index (χ1n) is 13.1. The average Bonchev–Trinajstić information content (AvgIpc) is 3.51. The lowest BCUT2D eigenvalue weighted by Crippen LogP contribution is -2.13. The Morgan fingerprint density at radius 2 is 2.08 bits per heavy atom. The smallest absolute Gasteiger partial charge is 0.123 e. The number of aryl methyl sites for hydroxylation is 1. The van der Waals surface area contributed by atoms with Crippen molar-refractivity contribution in [1.29, 1.82) is 5.26 Å². The van der Waals surface area contributed by atoms with Gasteiger partial charge >= 0.3 is 0 Å². The number of fused-ring (bicyclic) bond motifs is 1. The molecule has 0 unspecified atom stereocenters. The lowest BCUT2D eigenvalue weighted by Gasteiger charge is -2.20. The molecule has 0 saturated heterocycles. The topological polar surface area (TPSA) is 109 Å². The zero-order valence-electron chi connectivity index (χ0n) is 22.1. The zero-order chi connectivity index (χ0) is 27.9. The molecule has 1 aliphatic carbocycles. The van der Waals surface area contributed by atoms with E-state index in [4.69, 9.17) is 11.6 Å². The lowest BCUT2D eigenvalue weighted by atomic mass is 10.0. The molecule has 0 aliphatic heterocycles. The van der Waals surface area contributed by atoms with Crippen molar-refractivity contribution in [2.24, 2.45) is 7.05 Å². The highest BCUT2D eigenvalue weighted by Crippen LogP contribution is 2.37. The minimum atomic E-state index is -1.61. The van der Waals surface area contributed by atoms with Gasteiger partial charge in [-0.3, -0.25) is 9.67 Å². The summed E-state index contributed by atoms with van der Waals surface area (Å²) in [5.74, 6) is -0.405. The van der Waals surface area contributed by atoms with Crippen LogP contribution in [0.3, 0.4) is 0 Å². The minimum absolute atomic E-state index is 0.282. The fourth-order valence-corrected chi connectivity index (χ4v) is 4.74. The monoisotopic (exact) mass is 542 g/mol. The van der Waals surface area contributed by atoms with Gasteiger partial charge in [-0.15, -0.1) is 5.10 Å². The van der Waals surface area contributed by atoms with Crippen LogP contribution in [0, 0.1) is 17.1 Å². The van der Waals surface area contributed by atoms with Crippen molar-refractivity contribution in [3.05, 3.63) is 94.4 Å². The summed E-state index contributed by atoms with van der Waals surface area (Å²) in [7, 11) is 1.86. The molecule has 3 heterocycles. The highest BCUT2D eigenvalue weighted by Gasteiger charge is 2.27. The summed E-state index contributed by atoms with van der Waals surface area (Å²) in [4.78, 5) is 4.42. The zero-order valence-corrected chi connectivity index (χ0v) is 21.8. The van der Waals surface area contributed by atoms with E-state index in [1.807, 2.05) is 19.3 Å². The third-order valence-corrected chi connectivity index (χ3v) is 6.87. The molecule has 196 valence electrons. The van der Waals surface area contributed by atoms with Gasteiger partial charge in [0, 0.05) is 43.5 Å².